The highest BCUT2D eigenvalue weighted by molar-refractivity contribution is 9.10. The first-order valence-electron chi connectivity index (χ1n) is 5.45. The number of aromatic nitrogens is 2. The second kappa shape index (κ2) is 4.38. The highest BCUT2D eigenvalue weighted by atomic mass is 79.9. The second-order valence-electron chi connectivity index (χ2n) is 3.88. The van der Waals surface area contributed by atoms with Crippen LogP contribution in [-0.4, -0.2) is 15.1 Å². The highest BCUT2D eigenvalue weighted by Gasteiger charge is 2.08. The first-order chi connectivity index (χ1) is 8.75. The van der Waals surface area contributed by atoms with Gasteiger partial charge in [-0.3, -0.25) is 4.98 Å². The highest BCUT2D eigenvalue weighted by Crippen LogP contribution is 2.32. The summed E-state index contributed by atoms with van der Waals surface area (Å²) in [6, 6.07) is 13.2. The molecule has 2 aromatic heterocycles. The van der Waals surface area contributed by atoms with Crippen LogP contribution in [0.25, 0.3) is 22.3 Å². The molecule has 0 atom stereocenters. The Labute approximate surface area is 112 Å². The SMILES string of the molecule is Oc1c(Br)ccc2ccc(-c3ccccn3)nc12. The van der Waals surface area contributed by atoms with E-state index in [1.807, 2.05) is 36.4 Å². The van der Waals surface area contributed by atoms with Crippen molar-refractivity contribution >= 4 is 26.8 Å². The average Bonchev–Trinajstić information content (AvgIpc) is 2.44. The summed E-state index contributed by atoms with van der Waals surface area (Å²) in [7, 11) is 0. The topological polar surface area (TPSA) is 46.0 Å². The van der Waals surface area contributed by atoms with Crippen LogP contribution < -0.4 is 0 Å². The summed E-state index contributed by atoms with van der Waals surface area (Å²) in [5.41, 5.74) is 2.11. The van der Waals surface area contributed by atoms with Crippen molar-refractivity contribution in [2.24, 2.45) is 0 Å². The monoisotopic (exact) mass is 300 g/mol. The van der Waals surface area contributed by atoms with Gasteiger partial charge in [-0.15, -0.1) is 0 Å². The predicted octanol–water partition coefficient (Wildman–Crippen LogP) is 3.76. The minimum Gasteiger partial charge on any atom is -0.505 e. The fraction of sp³-hybridized carbons (Fsp3) is 0. The van der Waals surface area contributed by atoms with Crippen molar-refractivity contribution in [3.8, 4) is 17.1 Å². The summed E-state index contributed by atoms with van der Waals surface area (Å²) in [4.78, 5) is 8.72. The van der Waals surface area contributed by atoms with E-state index in [1.54, 1.807) is 12.3 Å². The van der Waals surface area contributed by atoms with Gasteiger partial charge in [-0.05, 0) is 40.2 Å². The second-order valence-corrected chi connectivity index (χ2v) is 4.73. The molecule has 4 heteroatoms. The van der Waals surface area contributed by atoms with Crippen molar-refractivity contribution in [3.63, 3.8) is 0 Å². The maximum atomic E-state index is 10.00. The van der Waals surface area contributed by atoms with Gasteiger partial charge in [0.2, 0.25) is 0 Å². The third-order valence-electron chi connectivity index (χ3n) is 2.71. The van der Waals surface area contributed by atoms with Crippen LogP contribution in [-0.2, 0) is 0 Å². The third kappa shape index (κ3) is 1.84. The maximum Gasteiger partial charge on any atom is 0.156 e. The molecule has 3 rings (SSSR count). The Morgan fingerprint density at radius 2 is 1.78 bits per heavy atom. The summed E-state index contributed by atoms with van der Waals surface area (Å²) >= 11 is 3.29. The van der Waals surface area contributed by atoms with Crippen molar-refractivity contribution in [2.45, 2.75) is 0 Å². The zero-order chi connectivity index (χ0) is 12.5. The molecule has 1 aromatic carbocycles. The van der Waals surface area contributed by atoms with Crippen molar-refractivity contribution in [3.05, 3.63) is 53.1 Å². The molecule has 0 spiro atoms. The van der Waals surface area contributed by atoms with E-state index >= 15 is 0 Å². The van der Waals surface area contributed by atoms with Crippen LogP contribution in [0.4, 0.5) is 0 Å². The standard InChI is InChI=1S/C14H9BrN2O/c15-10-6-4-9-5-7-12(17-13(9)14(10)18)11-3-1-2-8-16-11/h1-8,18H. The molecule has 2 heterocycles. The van der Waals surface area contributed by atoms with Crippen LogP contribution in [0.5, 0.6) is 5.75 Å². The van der Waals surface area contributed by atoms with Crippen LogP contribution in [0.2, 0.25) is 0 Å². The minimum absolute atomic E-state index is 0.158. The van der Waals surface area contributed by atoms with E-state index in [1.165, 1.54) is 0 Å². The van der Waals surface area contributed by atoms with Crippen molar-refractivity contribution in [1.29, 1.82) is 0 Å². The van der Waals surface area contributed by atoms with Gasteiger partial charge >= 0.3 is 0 Å². The number of hydrogen-bond acceptors (Lipinski definition) is 3. The largest absolute Gasteiger partial charge is 0.505 e. The van der Waals surface area contributed by atoms with Crippen LogP contribution >= 0.6 is 15.9 Å². The number of halogens is 1. The number of pyridine rings is 2. The number of aromatic hydroxyl groups is 1. The molecule has 0 radical (unpaired) electrons. The van der Waals surface area contributed by atoms with Gasteiger partial charge < -0.3 is 5.11 Å². The van der Waals surface area contributed by atoms with E-state index in [2.05, 4.69) is 25.9 Å². The molecule has 0 bridgehead atoms. The minimum atomic E-state index is 0.158. The number of nitrogens with zero attached hydrogens (tertiary/aromatic N) is 2. The van der Waals surface area contributed by atoms with E-state index in [4.69, 9.17) is 0 Å². The van der Waals surface area contributed by atoms with Gasteiger partial charge in [0, 0.05) is 11.6 Å². The Morgan fingerprint density at radius 1 is 0.944 bits per heavy atom. The van der Waals surface area contributed by atoms with E-state index in [-0.39, 0.29) is 5.75 Å². The number of rotatable bonds is 1. The Bertz CT molecular complexity index is 714. The number of phenols is 1. The lowest BCUT2D eigenvalue weighted by Gasteiger charge is -2.05. The fourth-order valence-corrected chi connectivity index (χ4v) is 2.13. The summed E-state index contributed by atoms with van der Waals surface area (Å²) in [5.74, 6) is 0.158. The van der Waals surface area contributed by atoms with Crippen molar-refractivity contribution in [1.82, 2.24) is 9.97 Å². The Hall–Kier alpha value is -1.94. The summed E-state index contributed by atoms with van der Waals surface area (Å²) in [6.07, 6.45) is 1.72. The zero-order valence-corrected chi connectivity index (χ0v) is 10.9. The van der Waals surface area contributed by atoms with Gasteiger partial charge in [0.25, 0.3) is 0 Å². The van der Waals surface area contributed by atoms with Gasteiger partial charge in [-0.25, -0.2) is 4.98 Å². The van der Waals surface area contributed by atoms with Gasteiger partial charge in [-0.1, -0.05) is 18.2 Å². The Morgan fingerprint density at radius 3 is 2.56 bits per heavy atom. The van der Waals surface area contributed by atoms with Crippen LogP contribution in [0.1, 0.15) is 0 Å². The van der Waals surface area contributed by atoms with Crippen LogP contribution in [0.3, 0.4) is 0 Å². The molecule has 1 N–H and O–H groups in total. The maximum absolute atomic E-state index is 10.00. The Balaban J connectivity index is 2.25. The molecule has 3 aromatic rings. The van der Waals surface area contributed by atoms with Crippen molar-refractivity contribution in [2.75, 3.05) is 0 Å². The quantitative estimate of drug-likeness (QED) is 0.744. The molecular formula is C14H9BrN2O. The first kappa shape index (κ1) is 11.2. The molecule has 0 saturated heterocycles. The molecular weight excluding hydrogens is 292 g/mol. The molecule has 0 fully saturated rings. The summed E-state index contributed by atoms with van der Waals surface area (Å²) in [6.45, 7) is 0. The molecule has 3 nitrogen and oxygen atoms in total. The summed E-state index contributed by atoms with van der Waals surface area (Å²) < 4.78 is 0.640. The normalized spacial score (nSPS) is 10.7. The Kier molecular flexibility index (Phi) is 2.72. The lowest BCUT2D eigenvalue weighted by molar-refractivity contribution is 0.477. The van der Waals surface area contributed by atoms with Crippen LogP contribution in [0, 0.1) is 0 Å². The average molecular weight is 301 g/mol. The van der Waals surface area contributed by atoms with E-state index in [0.717, 1.165) is 16.8 Å². The van der Waals surface area contributed by atoms with E-state index < -0.39 is 0 Å². The molecule has 0 aliphatic carbocycles. The first-order valence-corrected chi connectivity index (χ1v) is 6.24. The van der Waals surface area contributed by atoms with E-state index in [9.17, 15) is 5.11 Å². The molecule has 0 unspecified atom stereocenters. The lowest BCUT2D eigenvalue weighted by atomic mass is 10.1. The van der Waals surface area contributed by atoms with E-state index in [0.29, 0.717) is 9.99 Å². The molecule has 0 saturated carbocycles. The number of hydrogen-bond donors (Lipinski definition) is 1. The molecule has 18 heavy (non-hydrogen) atoms. The fourth-order valence-electron chi connectivity index (χ4n) is 1.81. The molecule has 0 aliphatic heterocycles. The van der Waals surface area contributed by atoms with Gasteiger partial charge in [0.05, 0.1) is 15.9 Å². The number of phenolic OH excluding ortho intramolecular Hbond substituents is 1. The van der Waals surface area contributed by atoms with Gasteiger partial charge in [0.15, 0.2) is 5.75 Å². The predicted molar refractivity (Wildman–Crippen MR) is 74.3 cm³/mol. The smallest absolute Gasteiger partial charge is 0.156 e. The molecule has 88 valence electrons. The van der Waals surface area contributed by atoms with Crippen LogP contribution in [0.15, 0.2) is 53.1 Å². The molecule has 0 amide bonds. The van der Waals surface area contributed by atoms with Crippen molar-refractivity contribution < 1.29 is 5.11 Å². The lowest BCUT2D eigenvalue weighted by Crippen LogP contribution is -1.88. The number of benzene rings is 1. The molecule has 0 aliphatic rings. The summed E-state index contributed by atoms with van der Waals surface area (Å²) in [5, 5.41) is 10.9. The zero-order valence-electron chi connectivity index (χ0n) is 9.34. The van der Waals surface area contributed by atoms with Gasteiger partial charge in [0.1, 0.15) is 5.52 Å². The van der Waals surface area contributed by atoms with Gasteiger partial charge in [-0.2, -0.15) is 0 Å². The number of fused-ring (bicyclic) bond motifs is 1. The third-order valence-corrected chi connectivity index (χ3v) is 3.35.